The second-order valence-corrected chi connectivity index (χ2v) is 7.23. The van der Waals surface area contributed by atoms with Crippen LogP contribution in [0.4, 0.5) is 0 Å². The zero-order chi connectivity index (χ0) is 14.0. The normalized spacial score (nSPS) is 27.4. The standard InChI is InChI=1S/C18H28N2/c1-18(2)9-5-12-20(13-10-18)17-8-11-19-14-15-6-3-4-7-16(15)17/h3-4,6-7,17,19H,5,8-14H2,1-2H3. The monoisotopic (exact) mass is 272 g/mol. The number of hydrogen-bond donors (Lipinski definition) is 1. The van der Waals surface area contributed by atoms with Crippen molar-refractivity contribution in [3.63, 3.8) is 0 Å². The number of likely N-dealkylation sites (tertiary alicyclic amines) is 1. The average Bonchev–Trinajstić information content (AvgIpc) is 2.74. The summed E-state index contributed by atoms with van der Waals surface area (Å²) in [6, 6.07) is 9.65. The van der Waals surface area contributed by atoms with Gasteiger partial charge >= 0.3 is 0 Å². The maximum absolute atomic E-state index is 3.58. The van der Waals surface area contributed by atoms with Crippen LogP contribution >= 0.6 is 0 Å². The van der Waals surface area contributed by atoms with Gasteiger partial charge in [-0.3, -0.25) is 4.90 Å². The molecule has 2 aliphatic rings. The van der Waals surface area contributed by atoms with E-state index in [1.165, 1.54) is 44.3 Å². The lowest BCUT2D eigenvalue weighted by Crippen LogP contribution is -2.31. The van der Waals surface area contributed by atoms with Crippen molar-refractivity contribution >= 4 is 0 Å². The molecule has 1 aromatic carbocycles. The number of rotatable bonds is 1. The SMILES string of the molecule is CC1(C)CCCN(C2CCNCc3ccccc32)CC1. The van der Waals surface area contributed by atoms with Gasteiger partial charge in [-0.05, 0) is 61.9 Å². The summed E-state index contributed by atoms with van der Waals surface area (Å²) in [5.41, 5.74) is 3.59. The first-order chi connectivity index (χ1) is 9.66. The predicted molar refractivity (Wildman–Crippen MR) is 84.7 cm³/mol. The van der Waals surface area contributed by atoms with Gasteiger partial charge < -0.3 is 5.32 Å². The van der Waals surface area contributed by atoms with Gasteiger partial charge in [-0.1, -0.05) is 38.1 Å². The van der Waals surface area contributed by atoms with Crippen molar-refractivity contribution in [2.75, 3.05) is 19.6 Å². The van der Waals surface area contributed by atoms with Crippen molar-refractivity contribution in [1.82, 2.24) is 10.2 Å². The fourth-order valence-electron chi connectivity index (χ4n) is 3.77. The molecule has 0 aliphatic carbocycles. The minimum absolute atomic E-state index is 0.525. The van der Waals surface area contributed by atoms with Crippen LogP contribution in [0.1, 0.15) is 56.7 Å². The summed E-state index contributed by atoms with van der Waals surface area (Å²) < 4.78 is 0. The van der Waals surface area contributed by atoms with Crippen LogP contribution in [0.25, 0.3) is 0 Å². The molecule has 0 amide bonds. The van der Waals surface area contributed by atoms with E-state index < -0.39 is 0 Å². The molecule has 0 aromatic heterocycles. The largest absolute Gasteiger partial charge is 0.313 e. The second-order valence-electron chi connectivity index (χ2n) is 7.23. The van der Waals surface area contributed by atoms with Gasteiger partial charge in [0.15, 0.2) is 0 Å². The van der Waals surface area contributed by atoms with Gasteiger partial charge in [-0.15, -0.1) is 0 Å². The Morgan fingerprint density at radius 3 is 2.90 bits per heavy atom. The highest BCUT2D eigenvalue weighted by molar-refractivity contribution is 5.31. The van der Waals surface area contributed by atoms with E-state index in [4.69, 9.17) is 0 Å². The van der Waals surface area contributed by atoms with Gasteiger partial charge in [0.05, 0.1) is 0 Å². The molecular weight excluding hydrogens is 244 g/mol. The van der Waals surface area contributed by atoms with Gasteiger partial charge in [0, 0.05) is 12.6 Å². The molecular formula is C18H28N2. The van der Waals surface area contributed by atoms with Gasteiger partial charge in [0.25, 0.3) is 0 Å². The molecule has 1 saturated heterocycles. The van der Waals surface area contributed by atoms with Gasteiger partial charge in [-0.2, -0.15) is 0 Å². The third-order valence-electron chi connectivity index (χ3n) is 5.14. The Kier molecular flexibility index (Phi) is 4.13. The maximum atomic E-state index is 3.58. The average molecular weight is 272 g/mol. The number of fused-ring (bicyclic) bond motifs is 1. The van der Waals surface area contributed by atoms with Crippen molar-refractivity contribution in [1.29, 1.82) is 0 Å². The summed E-state index contributed by atoms with van der Waals surface area (Å²) in [5, 5.41) is 3.58. The summed E-state index contributed by atoms with van der Waals surface area (Å²) in [6.07, 6.45) is 5.30. The lowest BCUT2D eigenvalue weighted by Gasteiger charge is -2.31. The zero-order valence-corrected chi connectivity index (χ0v) is 13.0. The quantitative estimate of drug-likeness (QED) is 0.838. The fraction of sp³-hybridized carbons (Fsp3) is 0.667. The Bertz CT molecular complexity index is 452. The Balaban J connectivity index is 1.82. The van der Waals surface area contributed by atoms with Crippen molar-refractivity contribution in [3.8, 4) is 0 Å². The first kappa shape index (κ1) is 14.1. The molecule has 1 N–H and O–H groups in total. The van der Waals surface area contributed by atoms with Gasteiger partial charge in [0.2, 0.25) is 0 Å². The van der Waals surface area contributed by atoms with E-state index in [0.717, 1.165) is 13.1 Å². The molecule has 1 atom stereocenters. The molecule has 20 heavy (non-hydrogen) atoms. The molecule has 2 nitrogen and oxygen atoms in total. The highest BCUT2D eigenvalue weighted by atomic mass is 15.2. The van der Waals surface area contributed by atoms with E-state index >= 15 is 0 Å². The van der Waals surface area contributed by atoms with Crippen LogP contribution in [-0.2, 0) is 6.54 Å². The molecule has 0 spiro atoms. The Labute approximate surface area is 123 Å². The second kappa shape index (κ2) is 5.87. The third kappa shape index (κ3) is 3.07. The van der Waals surface area contributed by atoms with Crippen LogP contribution in [0.2, 0.25) is 0 Å². The van der Waals surface area contributed by atoms with E-state index in [9.17, 15) is 0 Å². The molecule has 1 unspecified atom stereocenters. The van der Waals surface area contributed by atoms with Crippen LogP contribution in [0, 0.1) is 5.41 Å². The summed E-state index contributed by atoms with van der Waals surface area (Å²) in [4.78, 5) is 2.75. The highest BCUT2D eigenvalue weighted by Gasteiger charge is 2.29. The van der Waals surface area contributed by atoms with Gasteiger partial charge in [0.1, 0.15) is 0 Å². The van der Waals surface area contributed by atoms with E-state index in [-0.39, 0.29) is 0 Å². The molecule has 2 heterocycles. The van der Waals surface area contributed by atoms with E-state index in [0.29, 0.717) is 11.5 Å². The zero-order valence-electron chi connectivity index (χ0n) is 13.0. The van der Waals surface area contributed by atoms with Crippen molar-refractivity contribution in [2.45, 2.75) is 52.1 Å². The smallest absolute Gasteiger partial charge is 0.0363 e. The topological polar surface area (TPSA) is 15.3 Å². The lowest BCUT2D eigenvalue weighted by atomic mass is 9.85. The van der Waals surface area contributed by atoms with Crippen molar-refractivity contribution in [3.05, 3.63) is 35.4 Å². The third-order valence-corrected chi connectivity index (χ3v) is 5.14. The molecule has 110 valence electrons. The number of nitrogens with zero attached hydrogens (tertiary/aromatic N) is 1. The van der Waals surface area contributed by atoms with Crippen molar-refractivity contribution < 1.29 is 0 Å². The lowest BCUT2D eigenvalue weighted by molar-refractivity contribution is 0.188. The highest BCUT2D eigenvalue weighted by Crippen LogP contribution is 2.35. The molecule has 1 fully saturated rings. The predicted octanol–water partition coefficient (Wildman–Crippen LogP) is 3.73. The molecule has 2 heteroatoms. The van der Waals surface area contributed by atoms with Gasteiger partial charge in [-0.25, -0.2) is 0 Å². The van der Waals surface area contributed by atoms with E-state index in [2.05, 4.69) is 48.3 Å². The molecule has 0 bridgehead atoms. The van der Waals surface area contributed by atoms with Crippen LogP contribution in [-0.4, -0.2) is 24.5 Å². The van der Waals surface area contributed by atoms with Crippen LogP contribution < -0.4 is 5.32 Å². The Morgan fingerprint density at radius 2 is 2.00 bits per heavy atom. The number of nitrogens with one attached hydrogen (secondary N) is 1. The fourth-order valence-corrected chi connectivity index (χ4v) is 3.77. The Hall–Kier alpha value is -0.860. The summed E-state index contributed by atoms with van der Waals surface area (Å²) >= 11 is 0. The molecule has 0 saturated carbocycles. The van der Waals surface area contributed by atoms with E-state index in [1.54, 1.807) is 5.56 Å². The van der Waals surface area contributed by atoms with Crippen LogP contribution in [0.3, 0.4) is 0 Å². The summed E-state index contributed by atoms with van der Waals surface area (Å²) in [5.74, 6) is 0. The minimum atomic E-state index is 0.525. The Morgan fingerprint density at radius 1 is 1.15 bits per heavy atom. The molecule has 1 aromatic rings. The summed E-state index contributed by atoms with van der Waals surface area (Å²) in [7, 11) is 0. The first-order valence-electron chi connectivity index (χ1n) is 8.18. The summed E-state index contributed by atoms with van der Waals surface area (Å²) in [6.45, 7) is 9.55. The molecule has 0 radical (unpaired) electrons. The minimum Gasteiger partial charge on any atom is -0.313 e. The number of benzene rings is 1. The maximum Gasteiger partial charge on any atom is 0.0363 e. The molecule has 2 aliphatic heterocycles. The van der Waals surface area contributed by atoms with Crippen LogP contribution in [0.5, 0.6) is 0 Å². The van der Waals surface area contributed by atoms with Crippen LogP contribution in [0.15, 0.2) is 24.3 Å². The van der Waals surface area contributed by atoms with Crippen molar-refractivity contribution in [2.24, 2.45) is 5.41 Å². The number of hydrogen-bond acceptors (Lipinski definition) is 2. The van der Waals surface area contributed by atoms with E-state index in [1.807, 2.05) is 0 Å². The molecule has 3 rings (SSSR count). The first-order valence-corrected chi connectivity index (χ1v) is 8.18.